The minimum absolute atomic E-state index is 0. The number of fused-ring (bicyclic) bond motifs is 1. The molecule has 0 unspecified atom stereocenters. The van der Waals surface area contributed by atoms with E-state index in [1.54, 1.807) is 0 Å². The highest BCUT2D eigenvalue weighted by molar-refractivity contribution is 5.45. The molecule has 0 amide bonds. The topological polar surface area (TPSA) is 30.5 Å². The van der Waals surface area contributed by atoms with Crippen LogP contribution in [0.4, 0.5) is 0 Å². The lowest BCUT2D eigenvalue weighted by Crippen LogP contribution is -2.30. The van der Waals surface area contributed by atoms with Crippen molar-refractivity contribution in [2.75, 3.05) is 6.79 Å². The molecule has 112 valence electrons. The van der Waals surface area contributed by atoms with Gasteiger partial charge in [0.2, 0.25) is 6.79 Å². The van der Waals surface area contributed by atoms with Gasteiger partial charge in [0.1, 0.15) is 0 Å². The Bertz CT molecular complexity index is 603. The summed E-state index contributed by atoms with van der Waals surface area (Å²) in [4.78, 5) is 0. The zero-order valence-corrected chi connectivity index (χ0v) is 12.5. The van der Waals surface area contributed by atoms with Gasteiger partial charge in [0.25, 0.3) is 0 Å². The van der Waals surface area contributed by atoms with Crippen molar-refractivity contribution >= 4 is 0 Å². The van der Waals surface area contributed by atoms with E-state index in [1.165, 1.54) is 11.1 Å². The molecule has 2 atom stereocenters. The van der Waals surface area contributed by atoms with Gasteiger partial charge in [-0.3, -0.25) is 0 Å². The van der Waals surface area contributed by atoms with Crippen LogP contribution in [0.25, 0.3) is 0 Å². The van der Waals surface area contributed by atoms with Gasteiger partial charge in [-0.2, -0.15) is 0 Å². The van der Waals surface area contributed by atoms with E-state index in [9.17, 15) is 0 Å². The van der Waals surface area contributed by atoms with Crippen molar-refractivity contribution in [3.05, 3.63) is 59.7 Å². The highest BCUT2D eigenvalue weighted by Gasteiger charge is 2.18. The largest absolute Gasteiger partial charge is 0.454 e. The molecule has 1 heterocycles. The maximum absolute atomic E-state index is 5.46. The van der Waals surface area contributed by atoms with Crippen molar-refractivity contribution in [3.8, 4) is 11.5 Å². The molecule has 0 saturated carbocycles. The summed E-state index contributed by atoms with van der Waals surface area (Å²) in [5.41, 5.74) is 2.58. The Labute approximate surface area is 127 Å². The molecule has 2 aromatic rings. The van der Waals surface area contributed by atoms with Crippen LogP contribution in [0.2, 0.25) is 0 Å². The van der Waals surface area contributed by atoms with Gasteiger partial charge >= 0.3 is 0 Å². The summed E-state index contributed by atoms with van der Waals surface area (Å²) in [7, 11) is 0. The molecule has 3 rings (SSSR count). The molecule has 3 nitrogen and oxygen atoms in total. The third-order valence-electron chi connectivity index (χ3n) is 4.14. The molecule has 1 N–H and O–H groups in total. The second-order valence-corrected chi connectivity index (χ2v) is 5.56. The van der Waals surface area contributed by atoms with Crippen molar-refractivity contribution in [1.82, 2.24) is 5.32 Å². The van der Waals surface area contributed by atoms with E-state index < -0.39 is 0 Å². The predicted molar refractivity (Wildman–Crippen MR) is 85.8 cm³/mol. The Morgan fingerprint density at radius 1 is 1.05 bits per heavy atom. The van der Waals surface area contributed by atoms with Gasteiger partial charge in [-0.15, -0.1) is 0 Å². The molecule has 0 saturated heterocycles. The van der Waals surface area contributed by atoms with Gasteiger partial charge in [0.15, 0.2) is 11.5 Å². The summed E-state index contributed by atoms with van der Waals surface area (Å²) in [5, 5.41) is 3.59. The number of hydrogen-bond donors (Lipinski definition) is 1. The average molecular weight is 285 g/mol. The van der Waals surface area contributed by atoms with Gasteiger partial charge in [-0.05, 0) is 36.1 Å². The van der Waals surface area contributed by atoms with Crippen molar-refractivity contribution in [2.45, 2.75) is 32.4 Å². The zero-order valence-electron chi connectivity index (χ0n) is 12.5. The number of rotatable bonds is 5. The SMILES string of the molecule is C[C@H](NCc1ccccc1)[C@H](C)c1ccc2c(c1)OCO2.[HH]. The third-order valence-corrected chi connectivity index (χ3v) is 4.14. The molecule has 1 aliphatic rings. The Hall–Kier alpha value is -2.00. The Morgan fingerprint density at radius 3 is 2.62 bits per heavy atom. The van der Waals surface area contributed by atoms with E-state index in [-0.39, 0.29) is 1.43 Å². The van der Waals surface area contributed by atoms with Crippen LogP contribution in [-0.4, -0.2) is 12.8 Å². The first-order valence-electron chi connectivity index (χ1n) is 7.41. The smallest absolute Gasteiger partial charge is 0.231 e. The van der Waals surface area contributed by atoms with E-state index >= 15 is 0 Å². The van der Waals surface area contributed by atoms with E-state index in [1.807, 2.05) is 12.1 Å². The van der Waals surface area contributed by atoms with Crippen LogP contribution in [0, 0.1) is 0 Å². The fourth-order valence-corrected chi connectivity index (χ4v) is 2.54. The number of benzene rings is 2. The van der Waals surface area contributed by atoms with Crippen LogP contribution < -0.4 is 14.8 Å². The van der Waals surface area contributed by atoms with Crippen LogP contribution in [0.15, 0.2) is 48.5 Å². The monoisotopic (exact) mass is 285 g/mol. The lowest BCUT2D eigenvalue weighted by atomic mass is 9.94. The molecule has 0 fully saturated rings. The lowest BCUT2D eigenvalue weighted by Gasteiger charge is -2.22. The van der Waals surface area contributed by atoms with E-state index in [0.717, 1.165) is 18.0 Å². The van der Waals surface area contributed by atoms with E-state index in [4.69, 9.17) is 9.47 Å². The maximum Gasteiger partial charge on any atom is 0.231 e. The second-order valence-electron chi connectivity index (χ2n) is 5.56. The Balaban J connectivity index is 0.00000176. The first-order chi connectivity index (χ1) is 10.2. The minimum atomic E-state index is 0. The molecule has 0 radical (unpaired) electrons. The summed E-state index contributed by atoms with van der Waals surface area (Å²) in [6.45, 7) is 5.67. The summed E-state index contributed by atoms with van der Waals surface area (Å²) >= 11 is 0. The third kappa shape index (κ3) is 3.19. The van der Waals surface area contributed by atoms with Gasteiger partial charge < -0.3 is 14.8 Å². The molecule has 3 heteroatoms. The van der Waals surface area contributed by atoms with Crippen molar-refractivity contribution < 1.29 is 10.9 Å². The van der Waals surface area contributed by atoms with E-state index in [2.05, 4.69) is 55.6 Å². The fraction of sp³-hybridized carbons (Fsp3) is 0.333. The summed E-state index contributed by atoms with van der Waals surface area (Å²) < 4.78 is 10.8. The molecule has 2 aromatic carbocycles. The van der Waals surface area contributed by atoms with Gasteiger partial charge in [-0.1, -0.05) is 43.3 Å². The molecule has 0 spiro atoms. The highest BCUT2D eigenvalue weighted by atomic mass is 16.7. The minimum Gasteiger partial charge on any atom is -0.454 e. The molecule has 0 aromatic heterocycles. The normalized spacial score (nSPS) is 15.7. The quantitative estimate of drug-likeness (QED) is 0.902. The molecular formula is C18H23NO2. The van der Waals surface area contributed by atoms with Crippen molar-refractivity contribution in [2.24, 2.45) is 0 Å². The van der Waals surface area contributed by atoms with Crippen LogP contribution in [0.5, 0.6) is 11.5 Å². The Kier molecular flexibility index (Phi) is 4.11. The van der Waals surface area contributed by atoms with Crippen LogP contribution in [0.3, 0.4) is 0 Å². The van der Waals surface area contributed by atoms with Crippen LogP contribution >= 0.6 is 0 Å². The van der Waals surface area contributed by atoms with Gasteiger partial charge in [0, 0.05) is 14.0 Å². The summed E-state index contributed by atoms with van der Waals surface area (Å²) in [6.07, 6.45) is 0. The lowest BCUT2D eigenvalue weighted by molar-refractivity contribution is 0.174. The number of nitrogens with one attached hydrogen (secondary N) is 1. The average Bonchev–Trinajstić information content (AvgIpc) is 3.00. The molecule has 0 aliphatic carbocycles. The Morgan fingerprint density at radius 2 is 1.81 bits per heavy atom. The van der Waals surface area contributed by atoms with Crippen LogP contribution in [-0.2, 0) is 6.54 Å². The van der Waals surface area contributed by atoms with Crippen LogP contribution in [0.1, 0.15) is 32.3 Å². The van der Waals surface area contributed by atoms with Crippen molar-refractivity contribution in [3.63, 3.8) is 0 Å². The fourth-order valence-electron chi connectivity index (χ4n) is 2.54. The standard InChI is InChI=1S/C18H21NO2.H2/c1-13(14(2)19-11-15-6-4-3-5-7-15)16-8-9-17-18(10-16)21-12-20-17;/h3-10,13-14,19H,11-12H2,1-2H3;1H/t13-,14-;/m0./s1. The molecular weight excluding hydrogens is 262 g/mol. The summed E-state index contributed by atoms with van der Waals surface area (Å²) in [5.74, 6) is 2.11. The zero-order chi connectivity index (χ0) is 14.7. The first kappa shape index (κ1) is 14.0. The predicted octanol–water partition coefficient (Wildman–Crippen LogP) is 3.94. The summed E-state index contributed by atoms with van der Waals surface area (Å²) in [6, 6.07) is 17.1. The van der Waals surface area contributed by atoms with Gasteiger partial charge in [-0.25, -0.2) is 0 Å². The van der Waals surface area contributed by atoms with E-state index in [0.29, 0.717) is 18.8 Å². The first-order valence-corrected chi connectivity index (χ1v) is 7.41. The maximum atomic E-state index is 5.46. The highest BCUT2D eigenvalue weighted by Crippen LogP contribution is 2.35. The van der Waals surface area contributed by atoms with Crippen molar-refractivity contribution in [1.29, 1.82) is 0 Å². The molecule has 1 aliphatic heterocycles. The molecule has 0 bridgehead atoms. The second kappa shape index (κ2) is 6.19. The number of hydrogen-bond acceptors (Lipinski definition) is 3. The molecule has 21 heavy (non-hydrogen) atoms. The van der Waals surface area contributed by atoms with Gasteiger partial charge in [0.05, 0.1) is 0 Å². The number of ether oxygens (including phenoxy) is 2.